The first kappa shape index (κ1) is 26.8. The van der Waals surface area contributed by atoms with Gasteiger partial charge in [-0.05, 0) is 133 Å². The highest BCUT2D eigenvalue weighted by molar-refractivity contribution is 8.17. The predicted molar refractivity (Wildman–Crippen MR) is 181 cm³/mol. The van der Waals surface area contributed by atoms with E-state index in [-0.39, 0.29) is 5.75 Å². The number of phenols is 1. The number of benzene rings is 7. The Morgan fingerprint density at radius 3 is 1.14 bits per heavy atom. The maximum atomic E-state index is 9.97. The van der Waals surface area contributed by atoms with Gasteiger partial charge in [0.25, 0.3) is 0 Å². The number of fused-ring (bicyclic) bond motifs is 2. The number of phenolic OH excluding ortho intramolecular Hbond substituents is 1. The van der Waals surface area contributed by atoms with Crippen LogP contribution < -0.4 is 0 Å². The molecule has 7 rings (SSSR count). The standard InChI is InChI=1S/C38H28OS3/c39-31-11-19-36(20-12-31)42(37-21-15-32(16-22-37)40-34-13-9-27-5-1-3-7-29(27)25-34)38-23-17-33(18-24-38)41-35-14-10-28-6-2-4-8-30(28)26-35/h1-26,39,42H. The molecule has 0 heterocycles. The smallest absolute Gasteiger partial charge is 0.115 e. The Balaban J connectivity index is 1.15. The highest BCUT2D eigenvalue weighted by Gasteiger charge is 2.14. The summed E-state index contributed by atoms with van der Waals surface area (Å²) in [7, 11) is -0.778. The van der Waals surface area contributed by atoms with Gasteiger partial charge in [0.15, 0.2) is 0 Å². The molecule has 0 aliphatic rings. The first-order valence-electron chi connectivity index (χ1n) is 13.8. The zero-order valence-corrected chi connectivity index (χ0v) is 25.2. The Bertz CT molecular complexity index is 1860. The molecule has 1 N–H and O–H groups in total. The number of rotatable bonds is 7. The van der Waals surface area contributed by atoms with E-state index in [9.17, 15) is 5.11 Å². The largest absolute Gasteiger partial charge is 0.508 e. The van der Waals surface area contributed by atoms with Crippen molar-refractivity contribution in [2.24, 2.45) is 0 Å². The van der Waals surface area contributed by atoms with Gasteiger partial charge >= 0.3 is 0 Å². The van der Waals surface area contributed by atoms with Crippen molar-refractivity contribution in [3.63, 3.8) is 0 Å². The molecule has 1 nitrogen and oxygen atoms in total. The lowest BCUT2D eigenvalue weighted by Crippen LogP contribution is -1.89. The van der Waals surface area contributed by atoms with E-state index in [1.807, 2.05) is 0 Å². The van der Waals surface area contributed by atoms with Gasteiger partial charge in [-0.3, -0.25) is 0 Å². The van der Waals surface area contributed by atoms with E-state index in [1.165, 1.54) is 55.8 Å². The Hall–Kier alpha value is -4.09. The van der Waals surface area contributed by atoms with Gasteiger partial charge in [-0.25, -0.2) is 0 Å². The van der Waals surface area contributed by atoms with Crippen molar-refractivity contribution in [1.29, 1.82) is 0 Å². The molecule has 0 unspecified atom stereocenters. The molecule has 0 amide bonds. The zero-order chi connectivity index (χ0) is 28.3. The SMILES string of the molecule is Oc1ccc([SH](c2ccc(Sc3ccc4ccccc4c3)cc2)c2ccc(Sc3ccc4ccccc4c3)cc2)cc1. The number of aromatic hydroxyl groups is 1. The summed E-state index contributed by atoms with van der Waals surface area (Å²) in [5, 5.41) is 15.0. The third-order valence-electron chi connectivity index (χ3n) is 7.21. The average molecular weight is 597 g/mol. The molecule has 0 atom stereocenters. The van der Waals surface area contributed by atoms with Crippen molar-refractivity contribution >= 4 is 56.0 Å². The molecular weight excluding hydrogens is 569 g/mol. The molecule has 0 saturated heterocycles. The number of thiol groups is 1. The molecule has 0 radical (unpaired) electrons. The Morgan fingerprint density at radius 1 is 0.357 bits per heavy atom. The topological polar surface area (TPSA) is 20.2 Å². The highest BCUT2D eigenvalue weighted by atomic mass is 32.2. The fourth-order valence-corrected chi connectivity index (χ4v) is 9.08. The van der Waals surface area contributed by atoms with Crippen LogP contribution in [0.4, 0.5) is 0 Å². The molecule has 0 spiro atoms. The highest BCUT2D eigenvalue weighted by Crippen LogP contribution is 2.52. The third-order valence-corrected chi connectivity index (χ3v) is 11.6. The second-order valence-electron chi connectivity index (χ2n) is 10.1. The van der Waals surface area contributed by atoms with Crippen LogP contribution in [0.1, 0.15) is 0 Å². The van der Waals surface area contributed by atoms with Crippen molar-refractivity contribution in [3.05, 3.63) is 158 Å². The minimum Gasteiger partial charge on any atom is -0.508 e. The molecule has 0 fully saturated rings. The van der Waals surface area contributed by atoms with Crippen LogP contribution in [0.2, 0.25) is 0 Å². The molecule has 42 heavy (non-hydrogen) atoms. The van der Waals surface area contributed by atoms with Crippen LogP contribution in [0.25, 0.3) is 21.5 Å². The van der Waals surface area contributed by atoms with Crippen molar-refractivity contribution in [2.75, 3.05) is 0 Å². The molecule has 0 aliphatic carbocycles. The fourth-order valence-electron chi connectivity index (χ4n) is 5.11. The minimum absolute atomic E-state index is 0.290. The van der Waals surface area contributed by atoms with Crippen LogP contribution in [-0.2, 0) is 0 Å². The Labute approximate surface area is 257 Å². The van der Waals surface area contributed by atoms with Crippen molar-refractivity contribution in [3.8, 4) is 5.75 Å². The van der Waals surface area contributed by atoms with Gasteiger partial charge in [0.2, 0.25) is 0 Å². The Morgan fingerprint density at radius 2 is 0.714 bits per heavy atom. The molecule has 0 aliphatic heterocycles. The van der Waals surface area contributed by atoms with E-state index in [0.29, 0.717) is 0 Å². The van der Waals surface area contributed by atoms with Gasteiger partial charge < -0.3 is 5.11 Å². The lowest BCUT2D eigenvalue weighted by atomic mass is 10.1. The average Bonchev–Trinajstić information content (AvgIpc) is 3.04. The van der Waals surface area contributed by atoms with E-state index in [0.717, 1.165) is 0 Å². The summed E-state index contributed by atoms with van der Waals surface area (Å²) in [6.45, 7) is 0. The van der Waals surface area contributed by atoms with E-state index < -0.39 is 10.9 Å². The van der Waals surface area contributed by atoms with Crippen LogP contribution in [-0.4, -0.2) is 5.11 Å². The second kappa shape index (κ2) is 12.0. The normalized spacial score (nSPS) is 11.6. The maximum Gasteiger partial charge on any atom is 0.115 e. The maximum absolute atomic E-state index is 9.97. The summed E-state index contributed by atoms with van der Waals surface area (Å²) in [6.07, 6.45) is 0. The summed E-state index contributed by atoms with van der Waals surface area (Å²) in [6, 6.07) is 55.9. The van der Waals surface area contributed by atoms with E-state index >= 15 is 0 Å². The quantitative estimate of drug-likeness (QED) is 0.179. The van der Waals surface area contributed by atoms with Crippen LogP contribution in [0.5, 0.6) is 5.75 Å². The van der Waals surface area contributed by atoms with Gasteiger partial charge in [-0.15, -0.1) is 0 Å². The molecule has 204 valence electrons. The molecule has 4 heteroatoms. The summed E-state index contributed by atoms with van der Waals surface area (Å²) in [5.74, 6) is 0.290. The van der Waals surface area contributed by atoms with Crippen LogP contribution in [0.3, 0.4) is 0 Å². The van der Waals surface area contributed by atoms with Crippen molar-refractivity contribution < 1.29 is 5.11 Å². The van der Waals surface area contributed by atoms with E-state index in [4.69, 9.17) is 0 Å². The zero-order valence-electron chi connectivity index (χ0n) is 22.7. The lowest BCUT2D eigenvalue weighted by Gasteiger charge is -2.24. The molecule has 0 aromatic heterocycles. The van der Waals surface area contributed by atoms with Crippen molar-refractivity contribution in [1.82, 2.24) is 0 Å². The lowest BCUT2D eigenvalue weighted by molar-refractivity contribution is 0.475. The summed E-state index contributed by atoms with van der Waals surface area (Å²) in [5.41, 5.74) is 0. The fraction of sp³-hybridized carbons (Fsp3) is 0. The van der Waals surface area contributed by atoms with Gasteiger partial charge in [0, 0.05) is 19.6 Å². The van der Waals surface area contributed by atoms with Gasteiger partial charge in [-0.2, -0.15) is 10.9 Å². The molecule has 0 bridgehead atoms. The first-order chi connectivity index (χ1) is 20.7. The van der Waals surface area contributed by atoms with Gasteiger partial charge in [0.05, 0.1) is 0 Å². The van der Waals surface area contributed by atoms with E-state index in [2.05, 4.69) is 146 Å². The summed E-state index contributed by atoms with van der Waals surface area (Å²) in [4.78, 5) is 8.70. The van der Waals surface area contributed by atoms with Crippen LogP contribution >= 0.6 is 34.4 Å². The van der Waals surface area contributed by atoms with Crippen LogP contribution in [0.15, 0.2) is 192 Å². The summed E-state index contributed by atoms with van der Waals surface area (Å²) >= 11 is 3.58. The van der Waals surface area contributed by atoms with Gasteiger partial charge in [-0.1, -0.05) is 84.2 Å². The van der Waals surface area contributed by atoms with Crippen LogP contribution in [0, 0.1) is 0 Å². The Kier molecular flexibility index (Phi) is 7.67. The molecule has 0 saturated carbocycles. The van der Waals surface area contributed by atoms with E-state index in [1.54, 1.807) is 35.7 Å². The number of hydrogen-bond acceptors (Lipinski definition) is 3. The monoisotopic (exact) mass is 596 g/mol. The molecule has 7 aromatic rings. The summed E-state index contributed by atoms with van der Waals surface area (Å²) < 4.78 is 0. The van der Waals surface area contributed by atoms with Crippen molar-refractivity contribution in [2.45, 2.75) is 34.3 Å². The minimum atomic E-state index is -0.778. The molecule has 7 aromatic carbocycles. The predicted octanol–water partition coefficient (Wildman–Crippen LogP) is 11.5. The molecular formula is C38H28OS3. The third kappa shape index (κ3) is 5.93. The second-order valence-corrected chi connectivity index (χ2v) is 14.6. The number of hydrogen-bond donors (Lipinski definition) is 2. The first-order valence-corrected chi connectivity index (χ1v) is 16.8. The van der Waals surface area contributed by atoms with Gasteiger partial charge in [0.1, 0.15) is 5.75 Å².